The molecule has 0 radical (unpaired) electrons. The summed E-state index contributed by atoms with van der Waals surface area (Å²) in [6, 6.07) is 9.78. The van der Waals surface area contributed by atoms with Crippen molar-refractivity contribution < 1.29 is 0 Å². The van der Waals surface area contributed by atoms with E-state index in [1.807, 2.05) is 0 Å². The number of hydrogen-bond acceptors (Lipinski definition) is 3. The molecule has 2 aliphatic heterocycles. The van der Waals surface area contributed by atoms with E-state index in [0.29, 0.717) is 6.04 Å². The summed E-state index contributed by atoms with van der Waals surface area (Å²) in [4.78, 5) is 5.06. The van der Waals surface area contributed by atoms with E-state index < -0.39 is 0 Å². The Morgan fingerprint density at radius 1 is 1.05 bits per heavy atom. The van der Waals surface area contributed by atoms with E-state index in [2.05, 4.69) is 53.4 Å². The number of nitrogens with zero attached hydrogens (tertiary/aromatic N) is 2. The van der Waals surface area contributed by atoms with E-state index in [1.54, 1.807) is 0 Å². The van der Waals surface area contributed by atoms with Crippen LogP contribution in [0.2, 0.25) is 0 Å². The molecule has 3 nitrogen and oxygen atoms in total. The lowest BCUT2D eigenvalue weighted by Gasteiger charge is -2.30. The minimum absolute atomic E-state index is 0.704. The first-order valence-corrected chi connectivity index (χ1v) is 8.96. The van der Waals surface area contributed by atoms with Crippen LogP contribution in [0.1, 0.15) is 38.2 Å². The van der Waals surface area contributed by atoms with Crippen LogP contribution in [-0.4, -0.2) is 49.1 Å². The normalized spacial score (nSPS) is 24.7. The largest absolute Gasteiger partial charge is 0.383 e. The Morgan fingerprint density at radius 3 is 2.41 bits per heavy atom. The van der Waals surface area contributed by atoms with Crippen molar-refractivity contribution in [2.24, 2.45) is 5.92 Å². The Morgan fingerprint density at radius 2 is 1.77 bits per heavy atom. The Labute approximate surface area is 135 Å². The molecule has 0 amide bonds. The third-order valence-corrected chi connectivity index (χ3v) is 5.45. The molecule has 1 N–H and O–H groups in total. The molecule has 1 aromatic carbocycles. The fourth-order valence-corrected chi connectivity index (χ4v) is 3.68. The molecular formula is C19H31N3. The van der Waals surface area contributed by atoms with E-state index >= 15 is 0 Å². The topological polar surface area (TPSA) is 18.5 Å². The van der Waals surface area contributed by atoms with Crippen molar-refractivity contribution in [1.29, 1.82) is 0 Å². The van der Waals surface area contributed by atoms with Crippen LogP contribution in [0, 0.1) is 5.92 Å². The fraction of sp³-hybridized carbons (Fsp3) is 0.684. The summed E-state index contributed by atoms with van der Waals surface area (Å²) in [7, 11) is 2.24. The first-order valence-electron chi connectivity index (χ1n) is 8.96. The second-order valence-electron chi connectivity index (χ2n) is 7.31. The van der Waals surface area contributed by atoms with Crippen LogP contribution in [0.25, 0.3) is 0 Å². The summed E-state index contributed by atoms with van der Waals surface area (Å²) in [5.41, 5.74) is 2.70. The highest BCUT2D eigenvalue weighted by Crippen LogP contribution is 2.20. The van der Waals surface area contributed by atoms with E-state index in [9.17, 15) is 0 Å². The number of nitrogens with one attached hydrogen (secondary N) is 1. The number of hydrogen-bond donors (Lipinski definition) is 1. The molecule has 1 aromatic rings. The summed E-state index contributed by atoms with van der Waals surface area (Å²) in [5.74, 6) is 0.913. The lowest BCUT2D eigenvalue weighted by atomic mass is 9.99. The minimum atomic E-state index is 0.704. The van der Waals surface area contributed by atoms with Gasteiger partial charge in [-0.3, -0.25) is 4.90 Å². The lowest BCUT2D eigenvalue weighted by molar-refractivity contribution is 0.185. The highest BCUT2D eigenvalue weighted by Gasteiger charge is 2.20. The zero-order valence-corrected chi connectivity index (χ0v) is 14.2. The van der Waals surface area contributed by atoms with Crippen LogP contribution < -0.4 is 5.32 Å². The Hall–Kier alpha value is -1.06. The summed E-state index contributed by atoms with van der Waals surface area (Å²) in [5, 5.41) is 3.60. The molecule has 0 bridgehead atoms. The average molecular weight is 301 g/mol. The predicted molar refractivity (Wildman–Crippen MR) is 94.3 cm³/mol. The Balaban J connectivity index is 1.45. The maximum atomic E-state index is 3.60. The van der Waals surface area contributed by atoms with Gasteiger partial charge in [-0.1, -0.05) is 19.1 Å². The summed E-state index contributed by atoms with van der Waals surface area (Å²) in [6.45, 7) is 8.32. The van der Waals surface area contributed by atoms with Gasteiger partial charge in [0, 0.05) is 24.8 Å². The minimum Gasteiger partial charge on any atom is -0.383 e. The van der Waals surface area contributed by atoms with Crippen LogP contribution in [0.5, 0.6) is 0 Å². The van der Waals surface area contributed by atoms with Crippen LogP contribution in [0.4, 0.5) is 5.69 Å². The van der Waals surface area contributed by atoms with Crippen LogP contribution in [-0.2, 0) is 6.54 Å². The predicted octanol–water partition coefficient (Wildman–Crippen LogP) is 3.42. The molecule has 1 atom stereocenters. The van der Waals surface area contributed by atoms with Gasteiger partial charge in [0.25, 0.3) is 0 Å². The van der Waals surface area contributed by atoms with Gasteiger partial charge in [-0.15, -0.1) is 0 Å². The molecule has 2 fully saturated rings. The quantitative estimate of drug-likeness (QED) is 0.899. The maximum absolute atomic E-state index is 3.60. The molecule has 2 saturated heterocycles. The SMILES string of the molecule is CC1CCN(Cc2ccc(NCC3CCCN3C)cc2)CC1. The van der Waals surface area contributed by atoms with Crippen molar-refractivity contribution in [1.82, 2.24) is 9.80 Å². The average Bonchev–Trinajstić information content (AvgIpc) is 2.94. The number of benzene rings is 1. The molecule has 1 unspecified atom stereocenters. The standard InChI is InChI=1S/C19H31N3/c1-16-9-12-22(13-10-16)15-17-5-7-18(8-6-17)20-14-19-4-3-11-21(19)2/h5-8,16,19-20H,3-4,9-15H2,1-2H3. The van der Waals surface area contributed by atoms with E-state index in [4.69, 9.17) is 0 Å². The molecule has 0 spiro atoms. The summed E-state index contributed by atoms with van der Waals surface area (Å²) in [6.07, 6.45) is 5.38. The molecule has 3 heteroatoms. The number of rotatable bonds is 5. The molecule has 122 valence electrons. The van der Waals surface area contributed by atoms with Crippen molar-refractivity contribution in [2.75, 3.05) is 38.5 Å². The summed E-state index contributed by atoms with van der Waals surface area (Å²) < 4.78 is 0. The van der Waals surface area contributed by atoms with Gasteiger partial charge in [0.2, 0.25) is 0 Å². The van der Waals surface area contributed by atoms with Crippen LogP contribution in [0.3, 0.4) is 0 Å². The van der Waals surface area contributed by atoms with Gasteiger partial charge in [0.15, 0.2) is 0 Å². The van der Waals surface area contributed by atoms with Crippen molar-refractivity contribution in [3.63, 3.8) is 0 Å². The van der Waals surface area contributed by atoms with Crippen molar-refractivity contribution >= 4 is 5.69 Å². The first-order chi connectivity index (χ1) is 10.7. The van der Waals surface area contributed by atoms with Gasteiger partial charge in [-0.25, -0.2) is 0 Å². The molecular weight excluding hydrogens is 270 g/mol. The molecule has 0 aromatic heterocycles. The lowest BCUT2D eigenvalue weighted by Crippen LogP contribution is -2.32. The van der Waals surface area contributed by atoms with E-state index in [1.165, 1.54) is 56.6 Å². The number of anilines is 1. The molecule has 0 aliphatic carbocycles. The molecule has 22 heavy (non-hydrogen) atoms. The third-order valence-electron chi connectivity index (χ3n) is 5.45. The highest BCUT2D eigenvalue weighted by atomic mass is 15.2. The highest BCUT2D eigenvalue weighted by molar-refractivity contribution is 5.44. The number of likely N-dealkylation sites (N-methyl/N-ethyl adjacent to an activating group) is 1. The van der Waals surface area contributed by atoms with Crippen LogP contribution in [0.15, 0.2) is 24.3 Å². The van der Waals surface area contributed by atoms with Gasteiger partial charge >= 0.3 is 0 Å². The number of piperidine rings is 1. The second-order valence-corrected chi connectivity index (χ2v) is 7.31. The van der Waals surface area contributed by atoms with Gasteiger partial charge < -0.3 is 10.2 Å². The van der Waals surface area contributed by atoms with E-state index in [0.717, 1.165) is 19.0 Å². The Bertz CT molecular complexity index is 448. The zero-order valence-electron chi connectivity index (χ0n) is 14.2. The zero-order chi connectivity index (χ0) is 15.4. The monoisotopic (exact) mass is 301 g/mol. The molecule has 2 heterocycles. The Kier molecular flexibility index (Phi) is 5.37. The maximum Gasteiger partial charge on any atom is 0.0340 e. The van der Waals surface area contributed by atoms with Gasteiger partial charge in [-0.05, 0) is 76.0 Å². The number of likely N-dealkylation sites (tertiary alicyclic amines) is 2. The fourth-order valence-electron chi connectivity index (χ4n) is 3.68. The second kappa shape index (κ2) is 7.47. The van der Waals surface area contributed by atoms with Crippen molar-refractivity contribution in [3.8, 4) is 0 Å². The molecule has 0 saturated carbocycles. The smallest absolute Gasteiger partial charge is 0.0340 e. The summed E-state index contributed by atoms with van der Waals surface area (Å²) >= 11 is 0. The van der Waals surface area contributed by atoms with E-state index in [-0.39, 0.29) is 0 Å². The third kappa shape index (κ3) is 4.23. The van der Waals surface area contributed by atoms with Crippen molar-refractivity contribution in [3.05, 3.63) is 29.8 Å². The molecule has 3 rings (SSSR count). The van der Waals surface area contributed by atoms with Gasteiger partial charge in [0.05, 0.1) is 0 Å². The molecule has 2 aliphatic rings. The van der Waals surface area contributed by atoms with Gasteiger partial charge in [-0.2, -0.15) is 0 Å². The first kappa shape index (κ1) is 15.8. The van der Waals surface area contributed by atoms with Crippen LogP contribution >= 0.6 is 0 Å². The van der Waals surface area contributed by atoms with Gasteiger partial charge in [0.1, 0.15) is 0 Å². The van der Waals surface area contributed by atoms with Crippen molar-refractivity contribution in [2.45, 2.75) is 45.2 Å².